The molecule has 0 radical (unpaired) electrons. The highest BCUT2D eigenvalue weighted by Crippen LogP contribution is 2.29. The molecule has 4 rings (SSSR count). The van der Waals surface area contributed by atoms with E-state index in [0.717, 1.165) is 29.3 Å². The first-order chi connectivity index (χ1) is 12.9. The Hall–Kier alpha value is -2.53. The van der Waals surface area contributed by atoms with Crippen LogP contribution in [-0.2, 0) is 11.3 Å². The summed E-state index contributed by atoms with van der Waals surface area (Å²) in [4.78, 5) is 12.5. The second-order valence-electron chi connectivity index (χ2n) is 7.47. The van der Waals surface area contributed by atoms with Crippen molar-refractivity contribution in [2.24, 2.45) is 0 Å². The highest BCUT2D eigenvalue weighted by atomic mass is 35.5. The molecule has 0 spiro atoms. The zero-order valence-corrected chi connectivity index (χ0v) is 16.2. The number of hydrogen-bond acceptors (Lipinski definition) is 3. The van der Waals surface area contributed by atoms with Crippen LogP contribution in [0, 0.1) is 0 Å². The molecule has 6 heteroatoms. The summed E-state index contributed by atoms with van der Waals surface area (Å²) in [6, 6.07) is 15.9. The van der Waals surface area contributed by atoms with E-state index in [0.29, 0.717) is 17.4 Å². The summed E-state index contributed by atoms with van der Waals surface area (Å²) in [6.07, 6.45) is 2.08. The van der Waals surface area contributed by atoms with Crippen molar-refractivity contribution in [1.82, 2.24) is 15.1 Å². The van der Waals surface area contributed by atoms with Crippen molar-refractivity contribution in [3.05, 3.63) is 59.1 Å². The number of para-hydroxylation sites is 1. The molecule has 0 unspecified atom stereocenters. The van der Waals surface area contributed by atoms with Crippen LogP contribution in [0.3, 0.4) is 0 Å². The van der Waals surface area contributed by atoms with Crippen LogP contribution in [0.5, 0.6) is 5.88 Å². The fourth-order valence-electron chi connectivity index (χ4n) is 2.98. The number of carbonyl (C=O) groups excluding carboxylic acids is 1. The van der Waals surface area contributed by atoms with Gasteiger partial charge < -0.3 is 10.1 Å². The first kappa shape index (κ1) is 17.9. The molecule has 27 heavy (non-hydrogen) atoms. The number of hydrogen-bond donors (Lipinski definition) is 1. The Kier molecular flexibility index (Phi) is 4.56. The molecule has 0 saturated heterocycles. The summed E-state index contributed by atoms with van der Waals surface area (Å²) in [6.45, 7) is 4.12. The van der Waals surface area contributed by atoms with Crippen molar-refractivity contribution in [2.75, 3.05) is 0 Å². The number of aromatic nitrogens is 2. The van der Waals surface area contributed by atoms with E-state index in [-0.39, 0.29) is 11.9 Å². The van der Waals surface area contributed by atoms with E-state index in [2.05, 4.69) is 10.4 Å². The lowest BCUT2D eigenvalue weighted by Crippen LogP contribution is -2.47. The van der Waals surface area contributed by atoms with E-state index in [1.807, 2.05) is 53.2 Å². The van der Waals surface area contributed by atoms with Crippen LogP contribution < -0.4 is 10.1 Å². The van der Waals surface area contributed by atoms with Crippen molar-refractivity contribution < 1.29 is 9.53 Å². The first-order valence-electron chi connectivity index (χ1n) is 9.12. The van der Waals surface area contributed by atoms with Gasteiger partial charge in [0.1, 0.15) is 0 Å². The number of amides is 1. The zero-order chi connectivity index (χ0) is 19.0. The van der Waals surface area contributed by atoms with Crippen molar-refractivity contribution >= 4 is 28.4 Å². The minimum atomic E-state index is -0.999. The number of ether oxygens (including phenoxy) is 1. The smallest absolute Gasteiger partial charge is 0.263 e. The molecule has 3 aromatic rings. The Morgan fingerprint density at radius 1 is 1.26 bits per heavy atom. The Morgan fingerprint density at radius 2 is 2.04 bits per heavy atom. The first-order valence-corrected chi connectivity index (χ1v) is 9.50. The average molecular weight is 384 g/mol. The Bertz CT molecular complexity index is 992. The zero-order valence-electron chi connectivity index (χ0n) is 15.4. The third kappa shape index (κ3) is 3.93. The molecule has 0 bridgehead atoms. The maximum Gasteiger partial charge on any atom is 0.263 e. The Morgan fingerprint density at radius 3 is 2.78 bits per heavy atom. The highest BCUT2D eigenvalue weighted by Gasteiger charge is 2.35. The predicted molar refractivity (Wildman–Crippen MR) is 106 cm³/mol. The number of benzene rings is 2. The maximum atomic E-state index is 12.5. The average Bonchev–Trinajstić information content (AvgIpc) is 3.38. The minimum Gasteiger partial charge on any atom is -0.460 e. The van der Waals surface area contributed by atoms with Gasteiger partial charge in [0.2, 0.25) is 5.88 Å². The molecule has 0 atom stereocenters. The standard InChI is InChI=1S/C21H22ClN3O2/c1-21(2,20(26)23-16-10-11-16)27-19-17-8-3-4-9-18(17)25(24-19)13-14-6-5-7-15(22)12-14/h3-9,12,16H,10-11,13H2,1-2H3,(H,23,26). The molecule has 1 heterocycles. The fraction of sp³-hybridized carbons (Fsp3) is 0.333. The van der Waals surface area contributed by atoms with Gasteiger partial charge in [-0.15, -0.1) is 5.10 Å². The predicted octanol–water partition coefficient (Wildman–Crippen LogP) is 4.17. The molecular formula is C21H22ClN3O2. The van der Waals surface area contributed by atoms with Crippen LogP contribution in [0.2, 0.25) is 5.02 Å². The quantitative estimate of drug-likeness (QED) is 0.694. The summed E-state index contributed by atoms with van der Waals surface area (Å²) in [7, 11) is 0. The second kappa shape index (κ2) is 6.89. The van der Waals surface area contributed by atoms with Gasteiger partial charge >= 0.3 is 0 Å². The van der Waals surface area contributed by atoms with E-state index >= 15 is 0 Å². The summed E-state index contributed by atoms with van der Waals surface area (Å²) in [5, 5.41) is 9.22. The number of nitrogens with zero attached hydrogens (tertiary/aromatic N) is 2. The number of nitrogens with one attached hydrogen (secondary N) is 1. The molecule has 1 saturated carbocycles. The Labute approximate surface area is 163 Å². The lowest BCUT2D eigenvalue weighted by Gasteiger charge is -2.24. The SMILES string of the molecule is CC(C)(Oc1nn(Cc2cccc(Cl)c2)c2ccccc12)C(=O)NC1CC1. The Balaban J connectivity index is 1.64. The topological polar surface area (TPSA) is 56.2 Å². The van der Waals surface area contributed by atoms with Crippen molar-refractivity contribution in [3.8, 4) is 5.88 Å². The van der Waals surface area contributed by atoms with Crippen LogP contribution in [0.4, 0.5) is 0 Å². The lowest BCUT2D eigenvalue weighted by molar-refractivity contribution is -0.134. The molecule has 140 valence electrons. The van der Waals surface area contributed by atoms with Gasteiger partial charge in [-0.2, -0.15) is 0 Å². The number of rotatable bonds is 6. The van der Waals surface area contributed by atoms with E-state index in [1.54, 1.807) is 13.8 Å². The van der Waals surface area contributed by atoms with Gasteiger partial charge in [-0.1, -0.05) is 35.9 Å². The molecule has 1 aliphatic rings. The monoisotopic (exact) mass is 383 g/mol. The van der Waals surface area contributed by atoms with Crippen LogP contribution in [0.1, 0.15) is 32.3 Å². The van der Waals surface area contributed by atoms with E-state index < -0.39 is 5.60 Å². The normalized spacial score (nSPS) is 14.3. The molecule has 1 aliphatic carbocycles. The number of fused-ring (bicyclic) bond motifs is 1. The highest BCUT2D eigenvalue weighted by molar-refractivity contribution is 6.30. The van der Waals surface area contributed by atoms with Crippen molar-refractivity contribution in [1.29, 1.82) is 0 Å². The molecule has 1 fully saturated rings. The fourth-order valence-corrected chi connectivity index (χ4v) is 3.19. The summed E-state index contributed by atoms with van der Waals surface area (Å²) < 4.78 is 7.96. The van der Waals surface area contributed by atoms with Crippen molar-refractivity contribution in [3.63, 3.8) is 0 Å². The largest absolute Gasteiger partial charge is 0.460 e. The second-order valence-corrected chi connectivity index (χ2v) is 7.91. The maximum absolute atomic E-state index is 12.5. The summed E-state index contributed by atoms with van der Waals surface area (Å²) >= 11 is 6.10. The molecular weight excluding hydrogens is 362 g/mol. The molecule has 1 amide bonds. The minimum absolute atomic E-state index is 0.113. The molecule has 0 aliphatic heterocycles. The van der Waals surface area contributed by atoms with Crippen LogP contribution >= 0.6 is 11.6 Å². The summed E-state index contributed by atoms with van der Waals surface area (Å²) in [5.74, 6) is 0.349. The number of carbonyl (C=O) groups is 1. The molecule has 1 N–H and O–H groups in total. The number of halogens is 1. The van der Waals surface area contributed by atoms with Gasteiger partial charge in [-0.3, -0.25) is 9.48 Å². The molecule has 5 nitrogen and oxygen atoms in total. The van der Waals surface area contributed by atoms with Gasteiger partial charge in [0, 0.05) is 11.1 Å². The van der Waals surface area contributed by atoms with Gasteiger partial charge in [-0.05, 0) is 56.5 Å². The van der Waals surface area contributed by atoms with Gasteiger partial charge in [0.05, 0.1) is 17.4 Å². The van der Waals surface area contributed by atoms with E-state index in [4.69, 9.17) is 16.3 Å². The van der Waals surface area contributed by atoms with E-state index in [9.17, 15) is 4.79 Å². The van der Waals surface area contributed by atoms with Gasteiger partial charge in [0.25, 0.3) is 5.91 Å². The molecule has 2 aromatic carbocycles. The summed E-state index contributed by atoms with van der Waals surface area (Å²) in [5.41, 5.74) is 1.000. The lowest BCUT2D eigenvalue weighted by atomic mass is 10.1. The third-order valence-electron chi connectivity index (χ3n) is 4.66. The third-order valence-corrected chi connectivity index (χ3v) is 4.89. The van der Waals surface area contributed by atoms with E-state index in [1.165, 1.54) is 0 Å². The van der Waals surface area contributed by atoms with Gasteiger partial charge in [-0.25, -0.2) is 0 Å². The van der Waals surface area contributed by atoms with Crippen LogP contribution in [0.25, 0.3) is 10.9 Å². The van der Waals surface area contributed by atoms with Crippen LogP contribution in [0.15, 0.2) is 48.5 Å². The van der Waals surface area contributed by atoms with Crippen LogP contribution in [-0.4, -0.2) is 27.3 Å². The molecule has 1 aromatic heterocycles. The van der Waals surface area contributed by atoms with Gasteiger partial charge in [0.15, 0.2) is 5.60 Å². The van der Waals surface area contributed by atoms with Crippen molar-refractivity contribution in [2.45, 2.75) is 44.9 Å².